The van der Waals surface area contributed by atoms with Gasteiger partial charge in [0, 0.05) is 19.6 Å². The second-order valence-electron chi connectivity index (χ2n) is 9.66. The summed E-state index contributed by atoms with van der Waals surface area (Å²) < 4.78 is 42.8. The van der Waals surface area contributed by atoms with E-state index in [0.717, 1.165) is 42.7 Å². The predicted octanol–water partition coefficient (Wildman–Crippen LogP) is 0.819. The van der Waals surface area contributed by atoms with E-state index in [4.69, 9.17) is 0 Å². The number of fused-ring (bicyclic) bond motifs is 1. The molecule has 1 saturated heterocycles. The maximum Gasteiger partial charge on any atom is 0.304 e. The van der Waals surface area contributed by atoms with Crippen LogP contribution in [0.4, 0.5) is 4.39 Å². The van der Waals surface area contributed by atoms with Crippen LogP contribution in [-0.4, -0.2) is 73.1 Å². The fraction of sp³-hybridized carbons (Fsp3) is 0.850. The molecule has 0 aromatic heterocycles. The van der Waals surface area contributed by atoms with Gasteiger partial charge >= 0.3 is 10.2 Å². The van der Waals surface area contributed by atoms with Crippen molar-refractivity contribution >= 4 is 16.1 Å². The lowest BCUT2D eigenvalue weighted by Crippen LogP contribution is -2.58. The Balaban J connectivity index is 1.28. The van der Waals surface area contributed by atoms with Gasteiger partial charge in [-0.05, 0) is 62.2 Å². The van der Waals surface area contributed by atoms with Crippen molar-refractivity contribution < 1.29 is 22.7 Å². The number of nitrogens with zero attached hydrogens (tertiary/aromatic N) is 2. The average Bonchev–Trinajstić information content (AvgIpc) is 3.26. The molecule has 29 heavy (non-hydrogen) atoms. The van der Waals surface area contributed by atoms with Gasteiger partial charge in [0.05, 0.1) is 18.7 Å². The van der Waals surface area contributed by atoms with Crippen LogP contribution in [-0.2, 0) is 15.0 Å². The summed E-state index contributed by atoms with van der Waals surface area (Å²) in [5.74, 6) is 0.329. The van der Waals surface area contributed by atoms with Crippen LogP contribution >= 0.6 is 0 Å². The van der Waals surface area contributed by atoms with Crippen molar-refractivity contribution in [3.8, 4) is 0 Å². The standard InChI is InChI=1S/C20H30FN3O4S/c21-19-16-7-13(15-5-6-23(10-15)9-12-1-2-12)3-4-14(16)8-17(25)20(19)24-11-18(26)22-29(24,27)28/h5,12-14,16-17,19-20,25H,1-4,6-11H2,(H,22,26). The van der Waals surface area contributed by atoms with Crippen molar-refractivity contribution in [1.29, 1.82) is 0 Å². The van der Waals surface area contributed by atoms with E-state index in [1.807, 2.05) is 4.72 Å². The predicted molar refractivity (Wildman–Crippen MR) is 105 cm³/mol. The molecule has 2 N–H and O–H groups in total. The minimum absolute atomic E-state index is 0.0750. The Labute approximate surface area is 171 Å². The summed E-state index contributed by atoms with van der Waals surface area (Å²) in [6.45, 7) is 2.70. The zero-order valence-corrected chi connectivity index (χ0v) is 17.4. The van der Waals surface area contributed by atoms with Gasteiger partial charge in [0.15, 0.2) is 0 Å². The molecule has 3 aliphatic carbocycles. The Morgan fingerprint density at radius 3 is 2.66 bits per heavy atom. The quantitative estimate of drug-likeness (QED) is 0.649. The highest BCUT2D eigenvalue weighted by Gasteiger charge is 2.54. The fourth-order valence-electron chi connectivity index (χ4n) is 6.01. The van der Waals surface area contributed by atoms with Gasteiger partial charge in [-0.1, -0.05) is 11.6 Å². The molecule has 6 atom stereocenters. The summed E-state index contributed by atoms with van der Waals surface area (Å²) in [7, 11) is -4.07. The molecule has 5 rings (SSSR count). The highest BCUT2D eigenvalue weighted by molar-refractivity contribution is 7.88. The number of aliphatic hydroxyl groups is 1. The molecule has 9 heteroatoms. The largest absolute Gasteiger partial charge is 0.391 e. The van der Waals surface area contributed by atoms with Crippen molar-refractivity contribution in [3.05, 3.63) is 11.6 Å². The van der Waals surface area contributed by atoms with E-state index in [2.05, 4.69) is 11.0 Å². The Morgan fingerprint density at radius 1 is 1.17 bits per heavy atom. The van der Waals surface area contributed by atoms with Crippen LogP contribution < -0.4 is 4.72 Å². The van der Waals surface area contributed by atoms with Crippen LogP contribution in [0.1, 0.15) is 38.5 Å². The summed E-state index contributed by atoms with van der Waals surface area (Å²) in [4.78, 5) is 14.1. The molecular formula is C20H30FN3O4S. The number of nitrogens with one attached hydrogen (secondary N) is 1. The van der Waals surface area contributed by atoms with E-state index < -0.39 is 41.0 Å². The molecule has 0 aromatic rings. The van der Waals surface area contributed by atoms with E-state index in [-0.39, 0.29) is 11.8 Å². The Kier molecular flexibility index (Phi) is 5.00. The highest BCUT2D eigenvalue weighted by atomic mass is 32.2. The minimum Gasteiger partial charge on any atom is -0.391 e. The van der Waals surface area contributed by atoms with Gasteiger partial charge in [0.2, 0.25) is 5.91 Å². The van der Waals surface area contributed by atoms with E-state index in [9.17, 15) is 18.3 Å². The second kappa shape index (κ2) is 7.28. The van der Waals surface area contributed by atoms with Crippen molar-refractivity contribution in [1.82, 2.24) is 13.9 Å². The van der Waals surface area contributed by atoms with Gasteiger partial charge in [0.1, 0.15) is 6.17 Å². The van der Waals surface area contributed by atoms with Crippen molar-refractivity contribution in [3.63, 3.8) is 0 Å². The molecule has 6 unspecified atom stereocenters. The zero-order valence-electron chi connectivity index (χ0n) is 16.5. The zero-order chi connectivity index (χ0) is 20.3. The summed E-state index contributed by atoms with van der Waals surface area (Å²) in [5.41, 5.74) is 1.41. The molecule has 7 nitrogen and oxygen atoms in total. The third-order valence-electron chi connectivity index (χ3n) is 7.66. The fourth-order valence-corrected chi connectivity index (χ4v) is 7.35. The van der Waals surface area contributed by atoms with E-state index in [1.165, 1.54) is 18.4 Å². The lowest BCUT2D eigenvalue weighted by molar-refractivity contribution is -0.119. The van der Waals surface area contributed by atoms with Gasteiger partial charge in [-0.25, -0.2) is 9.11 Å². The molecule has 0 aromatic carbocycles. The SMILES string of the molecule is O=C1CN(C2C(O)CC3CCC(C4=CCN(CC5CC5)C4)CC3C2F)S(=O)(=O)N1. The Morgan fingerprint density at radius 2 is 1.97 bits per heavy atom. The number of hydrogen-bond acceptors (Lipinski definition) is 5. The Hall–Kier alpha value is -1.03. The number of aliphatic hydroxyl groups excluding tert-OH is 1. The minimum atomic E-state index is -4.07. The van der Waals surface area contributed by atoms with Crippen LogP contribution in [0.15, 0.2) is 11.6 Å². The lowest BCUT2D eigenvalue weighted by Gasteiger charge is -2.48. The number of rotatable bonds is 4. The summed E-state index contributed by atoms with van der Waals surface area (Å²) in [5, 5.41) is 10.6. The van der Waals surface area contributed by atoms with Crippen LogP contribution in [0, 0.1) is 23.7 Å². The summed E-state index contributed by atoms with van der Waals surface area (Å²) in [6, 6.07) is -1.18. The first-order valence-corrected chi connectivity index (χ1v) is 12.3. The molecule has 0 bridgehead atoms. The smallest absolute Gasteiger partial charge is 0.304 e. The van der Waals surface area contributed by atoms with Crippen molar-refractivity contribution in [2.75, 3.05) is 26.2 Å². The normalized spacial score (nSPS) is 43.1. The molecule has 0 radical (unpaired) electrons. The van der Waals surface area contributed by atoms with Crippen molar-refractivity contribution in [2.45, 2.75) is 56.8 Å². The van der Waals surface area contributed by atoms with E-state index in [0.29, 0.717) is 18.8 Å². The maximum absolute atomic E-state index is 15.6. The van der Waals surface area contributed by atoms with Crippen LogP contribution in [0.25, 0.3) is 0 Å². The Bertz CT molecular complexity index is 815. The first-order chi connectivity index (χ1) is 13.8. The van der Waals surface area contributed by atoms with Crippen molar-refractivity contribution in [2.24, 2.45) is 23.7 Å². The van der Waals surface area contributed by atoms with E-state index >= 15 is 4.39 Å². The van der Waals surface area contributed by atoms with Gasteiger partial charge in [-0.2, -0.15) is 12.7 Å². The van der Waals surface area contributed by atoms with Crippen LogP contribution in [0.2, 0.25) is 0 Å². The third kappa shape index (κ3) is 3.75. The number of alkyl halides is 1. The van der Waals surface area contributed by atoms with Gasteiger partial charge in [-0.15, -0.1) is 0 Å². The highest BCUT2D eigenvalue weighted by Crippen LogP contribution is 2.48. The first-order valence-electron chi connectivity index (χ1n) is 10.9. The van der Waals surface area contributed by atoms with Gasteiger partial charge in [-0.3, -0.25) is 9.69 Å². The number of hydrogen-bond donors (Lipinski definition) is 2. The topological polar surface area (TPSA) is 90.0 Å². The second-order valence-corrected chi connectivity index (χ2v) is 11.3. The molecule has 0 spiro atoms. The number of amides is 1. The molecular weight excluding hydrogens is 397 g/mol. The van der Waals surface area contributed by atoms with Crippen LogP contribution in [0.3, 0.4) is 0 Å². The van der Waals surface area contributed by atoms with Gasteiger partial charge in [0.25, 0.3) is 0 Å². The first kappa shape index (κ1) is 19.9. The molecule has 3 saturated carbocycles. The summed E-state index contributed by atoms with van der Waals surface area (Å²) in [6.07, 6.45) is 5.42. The van der Waals surface area contributed by atoms with Gasteiger partial charge < -0.3 is 5.11 Å². The molecule has 5 aliphatic rings. The van der Waals surface area contributed by atoms with Crippen LogP contribution in [0.5, 0.6) is 0 Å². The number of carbonyl (C=O) groups is 1. The lowest BCUT2D eigenvalue weighted by atomic mass is 9.63. The van der Waals surface area contributed by atoms with E-state index in [1.54, 1.807) is 0 Å². The third-order valence-corrected chi connectivity index (χ3v) is 9.14. The molecule has 4 fully saturated rings. The monoisotopic (exact) mass is 427 g/mol. The molecule has 1 amide bonds. The maximum atomic E-state index is 15.6. The molecule has 162 valence electrons. The number of carbonyl (C=O) groups excluding carboxylic acids is 1. The molecule has 2 heterocycles. The number of halogens is 1. The average molecular weight is 428 g/mol. The molecule has 2 aliphatic heterocycles. The summed E-state index contributed by atoms with van der Waals surface area (Å²) >= 11 is 0.